The summed E-state index contributed by atoms with van der Waals surface area (Å²) in [5.41, 5.74) is 0. The summed E-state index contributed by atoms with van der Waals surface area (Å²) in [5, 5.41) is 12.9. The minimum Gasteiger partial charge on any atom is -0.395 e. The first kappa shape index (κ1) is 13.3. The molecular weight excluding hydrogens is 210 g/mol. The SMILES string of the molecule is CSC(CO)C(C)NCC1CCCOC1. The molecule has 0 bridgehead atoms. The molecule has 0 amide bonds. The van der Waals surface area contributed by atoms with Gasteiger partial charge in [-0.25, -0.2) is 0 Å². The maximum atomic E-state index is 9.15. The Bertz CT molecular complexity index is 159. The molecule has 0 saturated carbocycles. The van der Waals surface area contributed by atoms with Crippen LogP contribution in [0.1, 0.15) is 19.8 Å². The van der Waals surface area contributed by atoms with Crippen LogP contribution in [-0.4, -0.2) is 49.0 Å². The third-order valence-corrected chi connectivity index (χ3v) is 4.19. The Morgan fingerprint density at radius 1 is 1.60 bits per heavy atom. The van der Waals surface area contributed by atoms with E-state index in [-0.39, 0.29) is 6.61 Å². The lowest BCUT2D eigenvalue weighted by Crippen LogP contribution is -2.41. The second-order valence-corrected chi connectivity index (χ2v) is 5.31. The molecule has 1 rings (SSSR count). The van der Waals surface area contributed by atoms with Crippen molar-refractivity contribution in [1.82, 2.24) is 5.32 Å². The first-order valence-corrected chi connectivity index (χ1v) is 7.01. The second-order valence-electron chi connectivity index (χ2n) is 4.24. The highest BCUT2D eigenvalue weighted by Gasteiger charge is 2.18. The van der Waals surface area contributed by atoms with Crippen LogP contribution in [0.15, 0.2) is 0 Å². The quantitative estimate of drug-likeness (QED) is 0.721. The maximum absolute atomic E-state index is 9.15. The molecule has 0 radical (unpaired) electrons. The van der Waals surface area contributed by atoms with Crippen molar-refractivity contribution < 1.29 is 9.84 Å². The number of hydrogen-bond donors (Lipinski definition) is 2. The van der Waals surface area contributed by atoms with Gasteiger partial charge in [0.15, 0.2) is 0 Å². The summed E-state index contributed by atoms with van der Waals surface area (Å²) in [6, 6.07) is 0.368. The van der Waals surface area contributed by atoms with Crippen molar-refractivity contribution in [2.24, 2.45) is 5.92 Å². The summed E-state index contributed by atoms with van der Waals surface area (Å²) in [7, 11) is 0. The van der Waals surface area contributed by atoms with Gasteiger partial charge in [0.05, 0.1) is 13.2 Å². The lowest BCUT2D eigenvalue weighted by Gasteiger charge is -2.26. The molecule has 3 unspecified atom stereocenters. The minimum atomic E-state index is 0.247. The Balaban J connectivity index is 2.16. The van der Waals surface area contributed by atoms with E-state index in [1.54, 1.807) is 11.8 Å². The van der Waals surface area contributed by atoms with Crippen LogP contribution >= 0.6 is 11.8 Å². The molecule has 0 spiro atoms. The van der Waals surface area contributed by atoms with E-state index in [9.17, 15) is 0 Å². The summed E-state index contributed by atoms with van der Waals surface area (Å²) < 4.78 is 5.43. The Kier molecular flexibility index (Phi) is 6.64. The van der Waals surface area contributed by atoms with Crippen molar-refractivity contribution in [1.29, 1.82) is 0 Å². The molecule has 1 aliphatic rings. The van der Waals surface area contributed by atoms with Crippen molar-refractivity contribution in [3.05, 3.63) is 0 Å². The van der Waals surface area contributed by atoms with Crippen LogP contribution < -0.4 is 5.32 Å². The van der Waals surface area contributed by atoms with E-state index >= 15 is 0 Å². The lowest BCUT2D eigenvalue weighted by molar-refractivity contribution is 0.0538. The van der Waals surface area contributed by atoms with Crippen LogP contribution in [0.2, 0.25) is 0 Å². The lowest BCUT2D eigenvalue weighted by atomic mass is 10.0. The first-order valence-electron chi connectivity index (χ1n) is 5.72. The topological polar surface area (TPSA) is 41.5 Å². The molecule has 3 atom stereocenters. The highest BCUT2D eigenvalue weighted by Crippen LogP contribution is 2.14. The number of hydrogen-bond acceptors (Lipinski definition) is 4. The van der Waals surface area contributed by atoms with Crippen LogP contribution in [0.25, 0.3) is 0 Å². The van der Waals surface area contributed by atoms with Crippen molar-refractivity contribution in [2.45, 2.75) is 31.1 Å². The first-order chi connectivity index (χ1) is 7.27. The summed E-state index contributed by atoms with van der Waals surface area (Å²) in [5.74, 6) is 0.655. The van der Waals surface area contributed by atoms with Gasteiger partial charge < -0.3 is 15.2 Å². The van der Waals surface area contributed by atoms with E-state index in [1.807, 2.05) is 6.26 Å². The Labute approximate surface area is 97.0 Å². The highest BCUT2D eigenvalue weighted by atomic mass is 32.2. The van der Waals surface area contributed by atoms with Crippen LogP contribution in [-0.2, 0) is 4.74 Å². The fourth-order valence-electron chi connectivity index (χ4n) is 1.89. The molecule has 1 saturated heterocycles. The van der Waals surface area contributed by atoms with Gasteiger partial charge in [0.1, 0.15) is 0 Å². The van der Waals surface area contributed by atoms with Gasteiger partial charge in [-0.3, -0.25) is 0 Å². The van der Waals surface area contributed by atoms with Gasteiger partial charge in [0.2, 0.25) is 0 Å². The molecule has 0 aromatic heterocycles. The van der Waals surface area contributed by atoms with Gasteiger partial charge >= 0.3 is 0 Å². The number of aliphatic hydroxyl groups is 1. The van der Waals surface area contributed by atoms with E-state index in [1.165, 1.54) is 12.8 Å². The number of ether oxygens (including phenoxy) is 1. The molecule has 1 heterocycles. The minimum absolute atomic E-state index is 0.247. The summed E-state index contributed by atoms with van der Waals surface area (Å²) in [6.45, 7) is 5.22. The van der Waals surface area contributed by atoms with Crippen LogP contribution in [0, 0.1) is 5.92 Å². The normalized spacial score (nSPS) is 26.2. The number of rotatable bonds is 6. The van der Waals surface area contributed by atoms with Crippen LogP contribution in [0.4, 0.5) is 0 Å². The van der Waals surface area contributed by atoms with E-state index in [0.717, 1.165) is 19.8 Å². The number of nitrogens with one attached hydrogen (secondary N) is 1. The predicted octanol–water partition coefficient (Wildman–Crippen LogP) is 1.11. The average Bonchev–Trinajstić information content (AvgIpc) is 2.29. The standard InChI is InChI=1S/C11H23NO2S/c1-9(11(7-13)15-2)12-6-10-4-3-5-14-8-10/h9-13H,3-8H2,1-2H3. The van der Waals surface area contributed by atoms with Crippen molar-refractivity contribution in [3.63, 3.8) is 0 Å². The molecule has 0 aromatic rings. The Hall–Kier alpha value is 0.230. The van der Waals surface area contributed by atoms with E-state index in [0.29, 0.717) is 17.2 Å². The maximum Gasteiger partial charge on any atom is 0.0564 e. The van der Waals surface area contributed by atoms with Gasteiger partial charge in [-0.1, -0.05) is 0 Å². The zero-order chi connectivity index (χ0) is 11.1. The smallest absolute Gasteiger partial charge is 0.0564 e. The monoisotopic (exact) mass is 233 g/mol. The molecule has 15 heavy (non-hydrogen) atoms. The largest absolute Gasteiger partial charge is 0.395 e. The van der Waals surface area contributed by atoms with Gasteiger partial charge in [0.25, 0.3) is 0 Å². The van der Waals surface area contributed by atoms with E-state index in [4.69, 9.17) is 9.84 Å². The highest BCUT2D eigenvalue weighted by molar-refractivity contribution is 7.99. The van der Waals surface area contributed by atoms with Gasteiger partial charge in [-0.2, -0.15) is 11.8 Å². The van der Waals surface area contributed by atoms with Gasteiger partial charge in [-0.15, -0.1) is 0 Å². The molecule has 0 aliphatic carbocycles. The zero-order valence-corrected chi connectivity index (χ0v) is 10.6. The fraction of sp³-hybridized carbons (Fsp3) is 1.00. The van der Waals surface area contributed by atoms with E-state index < -0.39 is 0 Å². The number of thioether (sulfide) groups is 1. The third kappa shape index (κ3) is 4.72. The Morgan fingerprint density at radius 3 is 2.93 bits per heavy atom. The summed E-state index contributed by atoms with van der Waals surface area (Å²) >= 11 is 1.72. The number of aliphatic hydroxyl groups excluding tert-OH is 1. The fourth-order valence-corrected chi connectivity index (χ4v) is 2.54. The summed E-state index contributed by atoms with van der Waals surface area (Å²) in [6.07, 6.45) is 4.50. The zero-order valence-electron chi connectivity index (χ0n) is 9.74. The van der Waals surface area contributed by atoms with Gasteiger partial charge in [0, 0.05) is 24.4 Å². The van der Waals surface area contributed by atoms with Crippen molar-refractivity contribution in [3.8, 4) is 0 Å². The molecule has 1 fully saturated rings. The van der Waals surface area contributed by atoms with Crippen molar-refractivity contribution in [2.75, 3.05) is 32.6 Å². The summed E-state index contributed by atoms with van der Waals surface area (Å²) in [4.78, 5) is 0. The van der Waals surface area contributed by atoms with E-state index in [2.05, 4.69) is 12.2 Å². The third-order valence-electron chi connectivity index (χ3n) is 3.02. The molecule has 4 heteroatoms. The van der Waals surface area contributed by atoms with Crippen LogP contribution in [0.3, 0.4) is 0 Å². The van der Waals surface area contributed by atoms with Crippen LogP contribution in [0.5, 0.6) is 0 Å². The van der Waals surface area contributed by atoms with Crippen molar-refractivity contribution >= 4 is 11.8 Å². The molecule has 3 nitrogen and oxygen atoms in total. The molecule has 0 aromatic carbocycles. The second kappa shape index (κ2) is 7.49. The Morgan fingerprint density at radius 2 is 2.40 bits per heavy atom. The molecule has 1 aliphatic heterocycles. The molecular formula is C11H23NO2S. The van der Waals surface area contributed by atoms with Gasteiger partial charge in [-0.05, 0) is 31.9 Å². The molecule has 90 valence electrons. The molecule has 2 N–H and O–H groups in total. The predicted molar refractivity (Wildman–Crippen MR) is 65.4 cm³/mol. The average molecular weight is 233 g/mol.